The van der Waals surface area contributed by atoms with Crippen LogP contribution in [0.5, 0.6) is 0 Å². The number of aldehydes is 1. The van der Waals surface area contributed by atoms with Crippen LogP contribution in [0.4, 0.5) is 28.9 Å². The largest absolute Gasteiger partial charge is 0.423 e. The van der Waals surface area contributed by atoms with E-state index in [1.807, 2.05) is 38.3 Å². The van der Waals surface area contributed by atoms with E-state index in [9.17, 15) is 27.2 Å². The molecule has 0 aliphatic heterocycles. The van der Waals surface area contributed by atoms with Crippen LogP contribution in [0.15, 0.2) is 41.7 Å². The number of anilines is 2. The van der Waals surface area contributed by atoms with Crippen LogP contribution in [0.3, 0.4) is 0 Å². The molecule has 0 unspecified atom stereocenters. The molecule has 9 nitrogen and oxygen atoms in total. The van der Waals surface area contributed by atoms with Crippen LogP contribution in [0.2, 0.25) is 0 Å². The van der Waals surface area contributed by atoms with Gasteiger partial charge in [0.15, 0.2) is 12.1 Å². The van der Waals surface area contributed by atoms with Gasteiger partial charge in [-0.3, -0.25) is 9.59 Å². The number of H-pyrrole nitrogens is 1. The molecule has 39 heavy (non-hydrogen) atoms. The smallest absolute Gasteiger partial charge is 0.397 e. The number of hydrogen-bond donors (Lipinski definition) is 2. The predicted octanol–water partition coefficient (Wildman–Crippen LogP) is 4.62. The number of benzene rings is 1. The summed E-state index contributed by atoms with van der Waals surface area (Å²) in [5.41, 5.74) is 3.55. The van der Waals surface area contributed by atoms with Crippen molar-refractivity contribution in [1.29, 1.82) is 0 Å². The lowest BCUT2D eigenvalue weighted by Crippen LogP contribution is -2.24. The highest BCUT2D eigenvalue weighted by Gasteiger charge is 2.36. The zero-order valence-corrected chi connectivity index (χ0v) is 22.1. The van der Waals surface area contributed by atoms with Crippen LogP contribution in [-0.2, 0) is 6.18 Å². The first-order valence-electron chi connectivity index (χ1n) is 12.0. The van der Waals surface area contributed by atoms with E-state index in [1.54, 1.807) is 23.6 Å². The van der Waals surface area contributed by atoms with E-state index in [-0.39, 0.29) is 5.56 Å². The van der Waals surface area contributed by atoms with Crippen molar-refractivity contribution in [3.05, 3.63) is 69.8 Å². The highest BCUT2D eigenvalue weighted by molar-refractivity contribution is 5.84. The summed E-state index contributed by atoms with van der Waals surface area (Å²) < 4.78 is 50.4. The molecule has 2 aromatic heterocycles. The van der Waals surface area contributed by atoms with Crippen molar-refractivity contribution in [2.24, 2.45) is 0 Å². The van der Waals surface area contributed by atoms with Crippen molar-refractivity contribution < 1.29 is 22.4 Å². The highest BCUT2D eigenvalue weighted by Crippen LogP contribution is 2.29. The van der Waals surface area contributed by atoms with Gasteiger partial charge in [0.1, 0.15) is 11.4 Å². The number of carbonyl (C=O) groups excluding carboxylic acids is 1. The van der Waals surface area contributed by atoms with Crippen LogP contribution in [-0.4, -0.2) is 59.0 Å². The van der Waals surface area contributed by atoms with E-state index in [0.29, 0.717) is 23.2 Å². The number of aromatic nitrogens is 4. The van der Waals surface area contributed by atoms with E-state index in [2.05, 4.69) is 26.9 Å². The Morgan fingerprint density at radius 1 is 1.05 bits per heavy atom. The maximum Gasteiger partial charge on any atom is 0.423 e. The fourth-order valence-corrected chi connectivity index (χ4v) is 3.31. The van der Waals surface area contributed by atoms with Crippen molar-refractivity contribution in [3.8, 4) is 11.4 Å². The third-order valence-electron chi connectivity index (χ3n) is 5.49. The third-order valence-corrected chi connectivity index (χ3v) is 5.49. The average molecular weight is 550 g/mol. The average Bonchev–Trinajstić information content (AvgIpc) is 2.87. The lowest BCUT2D eigenvalue weighted by Gasteiger charge is -2.14. The minimum atomic E-state index is -4.74. The fraction of sp³-hybridized carbons (Fsp3) is 0.346. The Kier molecular flexibility index (Phi) is 11.1. The molecular formula is C26H31F4N7O2. The normalized spacial score (nSPS) is 11.2. The van der Waals surface area contributed by atoms with Crippen LogP contribution in [0, 0.1) is 5.82 Å². The second-order valence-corrected chi connectivity index (χ2v) is 8.77. The van der Waals surface area contributed by atoms with Gasteiger partial charge in [0.25, 0.3) is 5.56 Å². The van der Waals surface area contributed by atoms with Crippen LogP contribution in [0.25, 0.3) is 17.5 Å². The predicted molar refractivity (Wildman–Crippen MR) is 143 cm³/mol. The molecule has 13 heteroatoms. The first kappa shape index (κ1) is 30.9. The van der Waals surface area contributed by atoms with Gasteiger partial charge in [-0.15, -0.1) is 0 Å². The van der Waals surface area contributed by atoms with Gasteiger partial charge in [0.2, 0.25) is 0 Å². The summed E-state index contributed by atoms with van der Waals surface area (Å²) in [5.74, 6) is -0.218. The van der Waals surface area contributed by atoms with Gasteiger partial charge in [-0.25, -0.2) is 19.5 Å². The fourth-order valence-electron chi connectivity index (χ4n) is 3.31. The number of rotatable bonds is 9. The number of unbranched alkanes of at least 4 members (excludes halogenated alkanes) is 2. The number of aromatic amines is 1. The number of carbonyl (C=O) groups is 1. The summed E-state index contributed by atoms with van der Waals surface area (Å²) in [6.45, 7) is 3.10. The number of hydrogen-bond acceptors (Lipinski definition) is 8. The number of halogens is 4. The standard InChI is InChI=1S/C21H27FN4O.C5H4F3N3O/c1-5-6-7-9-26(4)10-8-16-11-19(20(22)12-17(16)15-27)21-23-13-18(14-24-21)25(2)3;6-5(7,8)3-2(9)1-10-11-4(3)12/h8,10-15H,5-7,9H2,1-4H3;1H,(H3,9,11,12)/b10-8-;. The van der Waals surface area contributed by atoms with E-state index in [4.69, 9.17) is 5.73 Å². The van der Waals surface area contributed by atoms with Gasteiger partial charge in [-0.1, -0.05) is 19.8 Å². The number of nitrogen functional groups attached to an aromatic ring is 1. The minimum absolute atomic E-state index is 0.277. The lowest BCUT2D eigenvalue weighted by atomic mass is 10.0. The molecule has 0 fully saturated rings. The number of nitrogens with one attached hydrogen (secondary N) is 1. The first-order chi connectivity index (χ1) is 18.4. The SMILES string of the molecule is CCCCCN(C)/C=C\c1cc(-c2ncc(N(C)C)cn2)c(F)cc1C=O.Nc1cn[nH]c(=O)c1C(F)(F)F. The molecule has 0 atom stereocenters. The van der Waals surface area contributed by atoms with Crippen LogP contribution in [0.1, 0.15) is 47.7 Å². The Hall–Kier alpha value is -4.29. The molecule has 0 spiro atoms. The van der Waals surface area contributed by atoms with Crippen molar-refractivity contribution >= 4 is 23.7 Å². The Morgan fingerprint density at radius 2 is 1.72 bits per heavy atom. The van der Waals surface area contributed by atoms with Gasteiger partial charge in [-0.2, -0.15) is 18.3 Å². The molecule has 1 aromatic carbocycles. The summed E-state index contributed by atoms with van der Waals surface area (Å²) in [6, 6.07) is 2.86. The Labute approximate surface area is 223 Å². The van der Waals surface area contributed by atoms with Crippen LogP contribution >= 0.6 is 0 Å². The molecule has 0 saturated carbocycles. The molecule has 210 valence electrons. The Bertz CT molecular complexity index is 1320. The molecule has 0 aliphatic carbocycles. The summed E-state index contributed by atoms with van der Waals surface area (Å²) in [5, 5.41) is 4.74. The number of nitrogens with zero attached hydrogens (tertiary/aromatic N) is 5. The third kappa shape index (κ3) is 8.90. The first-order valence-corrected chi connectivity index (χ1v) is 12.0. The second kappa shape index (κ2) is 14.0. The van der Waals surface area contributed by atoms with E-state index >= 15 is 0 Å². The second-order valence-electron chi connectivity index (χ2n) is 8.77. The van der Waals surface area contributed by atoms with Gasteiger partial charge in [0.05, 0.1) is 35.5 Å². The van der Waals surface area contributed by atoms with E-state index in [1.165, 1.54) is 18.9 Å². The Balaban J connectivity index is 0.000000370. The van der Waals surface area contributed by atoms with Crippen LogP contribution < -0.4 is 16.2 Å². The number of alkyl halides is 3. The van der Waals surface area contributed by atoms with Crippen molar-refractivity contribution in [3.63, 3.8) is 0 Å². The lowest BCUT2D eigenvalue weighted by molar-refractivity contribution is -0.138. The summed E-state index contributed by atoms with van der Waals surface area (Å²) in [7, 11) is 5.76. The zero-order valence-electron chi connectivity index (χ0n) is 22.1. The van der Waals surface area contributed by atoms with E-state index < -0.39 is 28.8 Å². The zero-order chi connectivity index (χ0) is 29.2. The molecule has 0 bridgehead atoms. The van der Waals surface area contributed by atoms with Gasteiger partial charge >= 0.3 is 6.18 Å². The van der Waals surface area contributed by atoms with Gasteiger partial charge in [-0.05, 0) is 36.4 Å². The molecule has 0 aliphatic rings. The number of nitrogens with two attached hydrogens (primary N) is 1. The molecule has 3 N–H and O–H groups in total. The van der Waals surface area contributed by atoms with Crippen molar-refractivity contribution in [1.82, 2.24) is 25.1 Å². The molecule has 0 amide bonds. The van der Waals surface area contributed by atoms with E-state index in [0.717, 1.165) is 24.8 Å². The minimum Gasteiger partial charge on any atom is -0.397 e. The van der Waals surface area contributed by atoms with Crippen molar-refractivity contribution in [2.45, 2.75) is 32.4 Å². The summed E-state index contributed by atoms with van der Waals surface area (Å²) in [4.78, 5) is 34.4. The molecular weight excluding hydrogens is 518 g/mol. The topological polar surface area (TPSA) is 121 Å². The van der Waals surface area contributed by atoms with Crippen molar-refractivity contribution in [2.75, 3.05) is 38.3 Å². The quantitative estimate of drug-likeness (QED) is 0.225. The summed E-state index contributed by atoms with van der Waals surface area (Å²) in [6.07, 6.45) is 7.16. The maximum atomic E-state index is 14.5. The molecule has 3 rings (SSSR count). The molecule has 3 aromatic rings. The summed E-state index contributed by atoms with van der Waals surface area (Å²) >= 11 is 0. The molecule has 2 heterocycles. The monoisotopic (exact) mass is 549 g/mol. The molecule has 0 saturated heterocycles. The van der Waals surface area contributed by atoms with Gasteiger partial charge in [0, 0.05) is 33.3 Å². The highest BCUT2D eigenvalue weighted by atomic mass is 19.4. The van der Waals surface area contributed by atoms with Gasteiger partial charge < -0.3 is 15.5 Å². The molecule has 0 radical (unpaired) electrons. The maximum absolute atomic E-state index is 14.5. The Morgan fingerprint density at radius 3 is 2.23 bits per heavy atom.